The van der Waals surface area contributed by atoms with Crippen molar-refractivity contribution >= 4 is 65.6 Å². The van der Waals surface area contributed by atoms with E-state index in [4.69, 9.17) is 19.4 Å². The van der Waals surface area contributed by atoms with E-state index in [1.807, 2.05) is 60.9 Å². The summed E-state index contributed by atoms with van der Waals surface area (Å²) < 4.78 is 8.58. The molecule has 5 heteroatoms. The van der Waals surface area contributed by atoms with Gasteiger partial charge in [0.25, 0.3) is 0 Å². The van der Waals surface area contributed by atoms with E-state index < -0.39 is 0 Å². The Hall–Kier alpha value is -4.77. The SMILES string of the molecule is c1ccc2nc(-n3c4ccc5cccnc5c4c4ccc5c6ccccc6oc5c43)ncc2c1. The van der Waals surface area contributed by atoms with Crippen LogP contribution in [0.15, 0.2) is 102 Å². The number of fused-ring (bicyclic) bond motifs is 10. The van der Waals surface area contributed by atoms with E-state index in [1.54, 1.807) is 0 Å². The van der Waals surface area contributed by atoms with Gasteiger partial charge in [-0.3, -0.25) is 9.55 Å². The Kier molecular flexibility index (Phi) is 3.34. The zero-order chi connectivity index (χ0) is 22.2. The molecular formula is C29H16N4O. The molecule has 0 saturated carbocycles. The van der Waals surface area contributed by atoms with Gasteiger partial charge in [0.15, 0.2) is 5.58 Å². The van der Waals surface area contributed by atoms with E-state index in [9.17, 15) is 0 Å². The van der Waals surface area contributed by atoms with Gasteiger partial charge >= 0.3 is 0 Å². The lowest BCUT2D eigenvalue weighted by molar-refractivity contribution is 0.671. The monoisotopic (exact) mass is 436 g/mol. The molecule has 0 atom stereocenters. The van der Waals surface area contributed by atoms with E-state index in [0.717, 1.165) is 65.6 Å². The van der Waals surface area contributed by atoms with Crippen LogP contribution in [-0.4, -0.2) is 19.5 Å². The van der Waals surface area contributed by atoms with Gasteiger partial charge in [0.05, 0.1) is 16.6 Å². The number of pyridine rings is 1. The van der Waals surface area contributed by atoms with Crippen molar-refractivity contribution in [2.75, 3.05) is 0 Å². The molecule has 8 rings (SSSR count). The number of nitrogens with zero attached hydrogens (tertiary/aromatic N) is 4. The van der Waals surface area contributed by atoms with Crippen molar-refractivity contribution in [3.05, 3.63) is 97.3 Å². The zero-order valence-corrected chi connectivity index (χ0v) is 17.9. The fraction of sp³-hybridized carbons (Fsp3) is 0. The van der Waals surface area contributed by atoms with Crippen molar-refractivity contribution in [2.24, 2.45) is 0 Å². The third-order valence-electron chi connectivity index (χ3n) is 6.68. The van der Waals surface area contributed by atoms with Crippen molar-refractivity contribution in [2.45, 2.75) is 0 Å². The first-order valence-corrected chi connectivity index (χ1v) is 11.2. The summed E-state index contributed by atoms with van der Waals surface area (Å²) >= 11 is 0. The zero-order valence-electron chi connectivity index (χ0n) is 17.9. The average Bonchev–Trinajstić information content (AvgIpc) is 3.44. The van der Waals surface area contributed by atoms with Crippen LogP contribution >= 0.6 is 0 Å². The molecule has 0 aliphatic rings. The van der Waals surface area contributed by atoms with E-state index in [1.165, 1.54) is 0 Å². The lowest BCUT2D eigenvalue weighted by atomic mass is 10.1. The third-order valence-corrected chi connectivity index (χ3v) is 6.68. The van der Waals surface area contributed by atoms with Gasteiger partial charge in [-0.05, 0) is 30.3 Å². The van der Waals surface area contributed by atoms with Crippen LogP contribution in [0.3, 0.4) is 0 Å². The second-order valence-electron chi connectivity index (χ2n) is 8.54. The smallest absolute Gasteiger partial charge is 0.235 e. The standard InChI is InChI=1S/C29H16N4O/c1-3-9-22-18(6-1)16-31-29(32-22)33-23-14-11-17-7-5-15-30-26(17)25(23)21-13-12-20-19-8-2-4-10-24(19)34-28(20)27(21)33/h1-16H. The molecule has 0 radical (unpaired) electrons. The number of para-hydroxylation sites is 2. The average molecular weight is 436 g/mol. The Morgan fingerprint density at radius 1 is 0.676 bits per heavy atom. The molecule has 34 heavy (non-hydrogen) atoms. The molecule has 8 aromatic rings. The molecule has 158 valence electrons. The summed E-state index contributed by atoms with van der Waals surface area (Å²) in [5, 5.41) is 6.42. The number of hydrogen-bond donors (Lipinski definition) is 0. The van der Waals surface area contributed by atoms with Gasteiger partial charge in [-0.1, -0.05) is 54.6 Å². The topological polar surface area (TPSA) is 56.7 Å². The van der Waals surface area contributed by atoms with Gasteiger partial charge < -0.3 is 4.42 Å². The largest absolute Gasteiger partial charge is 0.454 e. The van der Waals surface area contributed by atoms with Crippen LogP contribution in [0.4, 0.5) is 0 Å². The van der Waals surface area contributed by atoms with Crippen LogP contribution in [0.5, 0.6) is 0 Å². The molecule has 0 spiro atoms. The van der Waals surface area contributed by atoms with Crippen LogP contribution in [0.25, 0.3) is 71.5 Å². The highest BCUT2D eigenvalue weighted by Crippen LogP contribution is 2.41. The molecule has 0 unspecified atom stereocenters. The highest BCUT2D eigenvalue weighted by Gasteiger charge is 2.22. The number of benzene rings is 4. The summed E-state index contributed by atoms with van der Waals surface area (Å²) in [4.78, 5) is 14.5. The fourth-order valence-electron chi connectivity index (χ4n) is 5.18. The van der Waals surface area contributed by atoms with E-state index >= 15 is 0 Å². The molecule has 4 aromatic carbocycles. The Balaban J connectivity index is 1.64. The fourth-order valence-corrected chi connectivity index (χ4v) is 5.18. The lowest BCUT2D eigenvalue weighted by Gasteiger charge is -2.07. The van der Waals surface area contributed by atoms with Crippen LogP contribution in [0.2, 0.25) is 0 Å². The van der Waals surface area contributed by atoms with Crippen LogP contribution < -0.4 is 0 Å². The summed E-state index contributed by atoms with van der Waals surface area (Å²) in [6, 6.07) is 28.8. The molecule has 0 saturated heterocycles. The van der Waals surface area contributed by atoms with Crippen molar-refractivity contribution in [1.82, 2.24) is 19.5 Å². The number of furan rings is 1. The maximum atomic E-state index is 6.46. The highest BCUT2D eigenvalue weighted by molar-refractivity contribution is 6.26. The normalized spacial score (nSPS) is 12.1. The van der Waals surface area contributed by atoms with Crippen molar-refractivity contribution in [3.8, 4) is 5.95 Å². The Morgan fingerprint density at radius 2 is 1.53 bits per heavy atom. The summed E-state index contributed by atoms with van der Waals surface area (Å²) in [5.74, 6) is 0.613. The van der Waals surface area contributed by atoms with Gasteiger partial charge in [-0.2, -0.15) is 0 Å². The summed E-state index contributed by atoms with van der Waals surface area (Å²) in [6.07, 6.45) is 3.73. The molecule has 0 bridgehead atoms. The number of hydrogen-bond acceptors (Lipinski definition) is 4. The number of rotatable bonds is 1. The first-order valence-electron chi connectivity index (χ1n) is 11.2. The van der Waals surface area contributed by atoms with Gasteiger partial charge in [-0.15, -0.1) is 0 Å². The predicted octanol–water partition coefficient (Wildman–Crippen LogP) is 7.17. The van der Waals surface area contributed by atoms with Gasteiger partial charge in [-0.25, -0.2) is 9.97 Å². The Bertz CT molecular complexity index is 2080. The van der Waals surface area contributed by atoms with Gasteiger partial charge in [0, 0.05) is 44.7 Å². The van der Waals surface area contributed by atoms with E-state index in [2.05, 4.69) is 41.0 Å². The van der Waals surface area contributed by atoms with Gasteiger partial charge in [0.1, 0.15) is 11.1 Å². The molecule has 0 aliphatic carbocycles. The summed E-state index contributed by atoms with van der Waals surface area (Å²) in [6.45, 7) is 0. The molecule has 0 fully saturated rings. The second-order valence-corrected chi connectivity index (χ2v) is 8.54. The minimum atomic E-state index is 0.613. The molecule has 4 aromatic heterocycles. The summed E-state index contributed by atoms with van der Waals surface area (Å²) in [7, 11) is 0. The van der Waals surface area contributed by atoms with Crippen LogP contribution in [0, 0.1) is 0 Å². The number of aromatic nitrogens is 4. The first-order chi connectivity index (χ1) is 16.9. The first kappa shape index (κ1) is 17.7. The van der Waals surface area contributed by atoms with Crippen LogP contribution in [-0.2, 0) is 0 Å². The van der Waals surface area contributed by atoms with E-state index in [-0.39, 0.29) is 0 Å². The molecular weight excluding hydrogens is 420 g/mol. The second kappa shape index (κ2) is 6.39. The molecule has 0 amide bonds. The highest BCUT2D eigenvalue weighted by atomic mass is 16.3. The van der Waals surface area contributed by atoms with Crippen LogP contribution in [0.1, 0.15) is 0 Å². The Labute approximate surface area is 192 Å². The third kappa shape index (κ3) is 2.25. The molecule has 0 N–H and O–H groups in total. The predicted molar refractivity (Wildman–Crippen MR) is 136 cm³/mol. The Morgan fingerprint density at radius 3 is 2.53 bits per heavy atom. The van der Waals surface area contributed by atoms with Crippen molar-refractivity contribution in [1.29, 1.82) is 0 Å². The lowest BCUT2D eigenvalue weighted by Crippen LogP contribution is -2.01. The summed E-state index contributed by atoms with van der Waals surface area (Å²) in [5.41, 5.74) is 5.51. The van der Waals surface area contributed by atoms with E-state index in [0.29, 0.717) is 5.95 Å². The minimum Gasteiger partial charge on any atom is -0.454 e. The van der Waals surface area contributed by atoms with Crippen molar-refractivity contribution in [3.63, 3.8) is 0 Å². The molecule has 4 heterocycles. The minimum absolute atomic E-state index is 0.613. The van der Waals surface area contributed by atoms with Gasteiger partial charge in [0.2, 0.25) is 5.95 Å². The van der Waals surface area contributed by atoms with Crippen molar-refractivity contribution < 1.29 is 4.42 Å². The maximum Gasteiger partial charge on any atom is 0.235 e. The molecule has 0 aliphatic heterocycles. The maximum absolute atomic E-state index is 6.46. The quantitative estimate of drug-likeness (QED) is 0.274. The molecule has 5 nitrogen and oxygen atoms in total.